The van der Waals surface area contributed by atoms with Crippen molar-refractivity contribution in [2.75, 3.05) is 192 Å². The number of nitrogens with zero attached hydrogens (tertiary/aromatic N) is 9. The van der Waals surface area contributed by atoms with Crippen LogP contribution in [0.4, 0.5) is 0 Å². The Morgan fingerprint density at radius 1 is 0.271 bits per heavy atom. The Bertz CT molecular complexity index is 4950. The van der Waals surface area contributed by atoms with Crippen molar-refractivity contribution >= 4 is 39.1 Å². The molecule has 9 unspecified atom stereocenters. The van der Waals surface area contributed by atoms with E-state index >= 15 is 0 Å². The fourth-order valence-electron chi connectivity index (χ4n) is 20.3. The Labute approximate surface area is 856 Å². The Hall–Kier alpha value is -7.28. The molecule has 9 saturated heterocycles. The van der Waals surface area contributed by atoms with E-state index in [1.807, 2.05) is 251 Å². The predicted molar refractivity (Wildman–Crippen MR) is 574 cm³/mol. The summed E-state index contributed by atoms with van der Waals surface area (Å²) in [7, 11) is 9.03. The van der Waals surface area contributed by atoms with Crippen molar-refractivity contribution in [1.82, 2.24) is 44.1 Å². The van der Waals surface area contributed by atoms with E-state index in [0.717, 1.165) is 285 Å². The number of ether oxygens (including phenoxy) is 3. The highest BCUT2D eigenvalue weighted by Crippen LogP contribution is 2.41. The molecule has 0 saturated carbocycles. The third kappa shape index (κ3) is 33.1. The summed E-state index contributed by atoms with van der Waals surface area (Å²) in [6.07, 6.45) is 14.7. The first-order valence-corrected chi connectivity index (χ1v) is 52.9. The summed E-state index contributed by atoms with van der Waals surface area (Å²) in [6, 6.07) is 76.8. The van der Waals surface area contributed by atoms with Crippen molar-refractivity contribution in [3.63, 3.8) is 0 Å². The second-order valence-electron chi connectivity index (χ2n) is 40.4. The second-order valence-corrected chi connectivity index (χ2v) is 42.2. The van der Waals surface area contributed by atoms with E-state index < -0.39 is 50.4 Å². The van der Waals surface area contributed by atoms with E-state index in [2.05, 4.69) is 115 Å². The molecule has 768 valence electrons. The van der Waals surface area contributed by atoms with Crippen molar-refractivity contribution < 1.29 is 60.2 Å². The van der Waals surface area contributed by atoms with Crippen LogP contribution in [0.15, 0.2) is 241 Å². The first-order chi connectivity index (χ1) is 67.0. The molecule has 9 aliphatic rings. The van der Waals surface area contributed by atoms with E-state index in [0.29, 0.717) is 17.6 Å². The van der Waals surface area contributed by atoms with Gasteiger partial charge in [-0.2, -0.15) is 0 Å². The number of hydrogen-bond acceptors (Lipinski definition) is 21. The van der Waals surface area contributed by atoms with Gasteiger partial charge in [-0.25, -0.2) is 0 Å². The molecule has 0 spiro atoms. The van der Waals surface area contributed by atoms with E-state index in [1.165, 1.54) is 38.5 Å². The molecule has 9 heterocycles. The van der Waals surface area contributed by atoms with Crippen molar-refractivity contribution in [2.45, 2.75) is 208 Å². The van der Waals surface area contributed by atoms with Gasteiger partial charge in [-0.3, -0.25) is 4.90 Å². The minimum Gasteiger partial charge on any atom is -0.497 e. The molecule has 0 aliphatic carbocycles. The summed E-state index contributed by atoms with van der Waals surface area (Å²) >= 11 is 15.1. The Kier molecular flexibility index (Phi) is 44.9. The first kappa shape index (κ1) is 115. The number of rotatable bonds is 25. The lowest BCUT2D eigenvalue weighted by Gasteiger charge is -2.25. The number of halogens is 3. The number of β-amino-alcohol motifs (C(OH)–C–C–N with tert-alkyl or cyclic N) is 9. The maximum atomic E-state index is 10.7. The Balaban J connectivity index is 0.000000162. The zero-order valence-corrected chi connectivity index (χ0v) is 89.2. The average Bonchev–Trinajstić information content (AvgIpc) is 1.66. The first-order valence-electron chi connectivity index (χ1n) is 51.3. The highest BCUT2D eigenvalue weighted by molar-refractivity contribution is 9.10. The monoisotopic (exact) mass is 2030 g/mol. The summed E-state index contributed by atoms with van der Waals surface area (Å²) < 4.78 is 16.4. The zero-order chi connectivity index (χ0) is 101. The van der Waals surface area contributed by atoms with Crippen LogP contribution in [-0.2, 0) is 50.4 Å². The summed E-state index contributed by atoms with van der Waals surface area (Å²) in [4.78, 5) is 20.5. The van der Waals surface area contributed by atoms with Gasteiger partial charge in [0, 0.05) is 138 Å². The van der Waals surface area contributed by atoms with Crippen LogP contribution in [0.2, 0.25) is 10.0 Å². The van der Waals surface area contributed by atoms with Crippen molar-refractivity contribution in [1.29, 1.82) is 0 Å². The molecule has 9 aromatic rings. The number of likely N-dealkylation sites (tertiary alicyclic amines) is 9. The summed E-state index contributed by atoms with van der Waals surface area (Å²) in [5, 5.41) is 96.1. The second kappa shape index (κ2) is 54.8. The van der Waals surface area contributed by atoms with Gasteiger partial charge >= 0.3 is 0 Å². The van der Waals surface area contributed by atoms with Crippen molar-refractivity contribution in [2.24, 2.45) is 0 Å². The maximum Gasteiger partial charge on any atom is 0.118 e. The highest BCUT2D eigenvalue weighted by atomic mass is 79.9. The van der Waals surface area contributed by atoms with Crippen molar-refractivity contribution in [3.8, 4) is 17.2 Å². The molecular formula is C116H166BrCl2N9O12. The van der Waals surface area contributed by atoms with Gasteiger partial charge in [0.2, 0.25) is 0 Å². The molecule has 9 atom stereocenters. The zero-order valence-electron chi connectivity index (χ0n) is 86.1. The normalized spacial score (nSPS) is 26.5. The average molecular weight is 2030 g/mol. The summed E-state index contributed by atoms with van der Waals surface area (Å²) in [5.74, 6) is 2.49. The Morgan fingerprint density at radius 3 is 0.693 bits per heavy atom. The number of likely N-dealkylation sites (N-methyl/N-ethyl adjacent to an activating group) is 5. The molecule has 21 nitrogen and oxygen atoms in total. The molecule has 9 fully saturated rings. The van der Waals surface area contributed by atoms with Crippen LogP contribution in [0.5, 0.6) is 17.2 Å². The molecule has 140 heavy (non-hydrogen) atoms. The van der Waals surface area contributed by atoms with Gasteiger partial charge in [-0.15, -0.1) is 0 Å². The largest absolute Gasteiger partial charge is 0.497 e. The van der Waals surface area contributed by atoms with Gasteiger partial charge < -0.3 is 99.4 Å². The topological polar surface area (TPSA) is 239 Å². The quantitative estimate of drug-likeness (QED) is 0.0258. The van der Waals surface area contributed by atoms with E-state index in [9.17, 15) is 46.0 Å². The molecule has 9 aliphatic heterocycles. The van der Waals surface area contributed by atoms with Gasteiger partial charge in [0.05, 0.1) is 21.3 Å². The molecule has 9 N–H and O–H groups in total. The summed E-state index contributed by atoms with van der Waals surface area (Å²) in [6.45, 7) is 39.2. The van der Waals surface area contributed by atoms with Crippen molar-refractivity contribution in [3.05, 3.63) is 301 Å². The minimum atomic E-state index is -0.682. The van der Waals surface area contributed by atoms with E-state index in [-0.39, 0.29) is 0 Å². The third-order valence-electron chi connectivity index (χ3n) is 29.6. The molecule has 9 aromatic carbocycles. The highest BCUT2D eigenvalue weighted by Gasteiger charge is 2.45. The van der Waals surface area contributed by atoms with Gasteiger partial charge in [-0.05, 0) is 267 Å². The molecule has 0 radical (unpaired) electrons. The SMILES string of the molecule is CC(C)N1CCC(O)(c2ccccc2)C1.CCCCN1CCC(O)(c2ccc(Br)cc2)C1.CCCCN1CCC(O)(c2ccc(Cl)cc2)C1.CCCCN1CCC(O)(c2ccc(OC)cc2)C1.CCN1CCC(O)(c2ccc(Cl)cc2)C1.CCN1CCC(O)(c2ccc(OC)cc2)C1.CCN1CCC(O)(c2ccccc2)C1.CN1CCC(O)(c2ccccc2)C1.COc1ccc(C2(O)CCN(C)C2)cc1. The number of benzene rings is 9. The van der Waals surface area contributed by atoms with Crippen LogP contribution in [-0.4, -0.2) is 289 Å². The van der Waals surface area contributed by atoms with E-state index in [4.69, 9.17) is 37.4 Å². The Morgan fingerprint density at radius 2 is 0.479 bits per heavy atom. The lowest BCUT2D eigenvalue weighted by atomic mass is 9.93. The fourth-order valence-corrected chi connectivity index (χ4v) is 20.8. The molecule has 0 bridgehead atoms. The number of unbranched alkanes of at least 4 members (excludes halogenated alkanes) is 3. The third-order valence-corrected chi connectivity index (χ3v) is 30.7. The standard InChI is InChI=1S/C15H23NO2.C14H20BrNO.C14H20ClNO.C13H19NO2.C13H19NO.C12H16ClNO.C12H17NO2.C12H17NO.C11H15NO/c1-3-4-10-16-11-9-15(17,12-16)13-5-7-14(18-2)8-6-13;2*1-2-3-9-16-10-8-14(17,11-16)12-4-6-13(15)7-5-12;1-3-14-9-8-13(15,10-14)11-4-6-12(16-2)7-5-11;1-11(2)14-9-8-13(15,10-14)12-6-4-3-5-7-12;1-2-14-8-7-12(15,9-14)10-3-5-11(13)6-4-10;1-13-8-7-12(14,9-13)10-3-5-11(15-2)6-4-10;1-2-13-9-8-12(14,10-13)11-6-4-3-5-7-11;1-12-8-7-11(13,9-12)10-5-3-2-4-6-10/h5-8,17H,3-4,9-12H2,1-2H3;2*4-7,17H,2-3,8-11H2,1H3;4-7,15H,3,8-10H2,1-2H3;3-7,11,15H,8-10H2,1-2H3;3-6,15H,2,7-9H2,1H3;3-6,14H,7-9H2,1-2H3;3-7,14H,2,8-10H2,1H3;2-6,13H,7-9H2,1H3. The van der Waals surface area contributed by atoms with Gasteiger partial charge in [-0.1, -0.05) is 264 Å². The molecular weight excluding hydrogens is 1860 g/mol. The van der Waals surface area contributed by atoms with Crippen LogP contribution in [0.1, 0.15) is 202 Å². The van der Waals surface area contributed by atoms with Gasteiger partial charge in [0.15, 0.2) is 0 Å². The van der Waals surface area contributed by atoms with Crippen LogP contribution in [0, 0.1) is 0 Å². The minimum absolute atomic E-state index is 0.516. The molecule has 0 aromatic heterocycles. The van der Waals surface area contributed by atoms with Crippen LogP contribution in [0.3, 0.4) is 0 Å². The van der Waals surface area contributed by atoms with Crippen LogP contribution < -0.4 is 14.2 Å². The predicted octanol–water partition coefficient (Wildman–Crippen LogP) is 18.4. The fraction of sp³-hybridized carbons (Fsp3) is 0.534. The smallest absolute Gasteiger partial charge is 0.118 e. The molecule has 24 heteroatoms. The molecule has 18 rings (SSSR count). The number of hydrogen-bond donors (Lipinski definition) is 9. The van der Waals surface area contributed by atoms with Gasteiger partial charge in [0.25, 0.3) is 0 Å². The lowest BCUT2D eigenvalue weighted by molar-refractivity contribution is 0.0423. The number of aliphatic hydroxyl groups is 9. The lowest BCUT2D eigenvalue weighted by Crippen LogP contribution is -2.34. The van der Waals surface area contributed by atoms with Crippen LogP contribution >= 0.6 is 39.1 Å². The van der Waals surface area contributed by atoms with E-state index in [1.54, 1.807) is 21.3 Å². The maximum absolute atomic E-state index is 10.7. The summed E-state index contributed by atoms with van der Waals surface area (Å²) in [5.41, 5.74) is 3.21. The van der Waals surface area contributed by atoms with Gasteiger partial charge in [0.1, 0.15) is 67.7 Å². The molecule has 0 amide bonds. The van der Waals surface area contributed by atoms with Crippen LogP contribution in [0.25, 0.3) is 0 Å². The number of methoxy groups -OCH3 is 3.